The van der Waals surface area contributed by atoms with Crippen molar-refractivity contribution in [1.82, 2.24) is 20.6 Å². The highest BCUT2D eigenvalue weighted by atomic mass is 31.1. The van der Waals surface area contributed by atoms with Crippen molar-refractivity contribution in [2.24, 2.45) is 0 Å². The molecular formula is C48H59N4O3P. The molecule has 8 heteroatoms. The minimum atomic E-state index is -2.51. The SMILES string of the molecule is O=[PH](OCCCNCc1ccc(CCCCCc2ccccc2)c2cccnc12)OCCCNCc1ccc(CCCCCc2ccccc2)c2cccnc12. The van der Waals surface area contributed by atoms with Crippen LogP contribution in [-0.2, 0) is 52.4 Å². The number of hydrogen-bond donors (Lipinski definition) is 2. The van der Waals surface area contributed by atoms with Gasteiger partial charge in [-0.3, -0.25) is 14.5 Å². The van der Waals surface area contributed by atoms with Crippen LogP contribution in [0.3, 0.4) is 0 Å². The molecule has 7 nitrogen and oxygen atoms in total. The first-order valence-electron chi connectivity index (χ1n) is 20.7. The Morgan fingerprint density at radius 2 is 0.875 bits per heavy atom. The minimum absolute atomic E-state index is 0.398. The number of hydrogen-bond acceptors (Lipinski definition) is 7. The monoisotopic (exact) mass is 770 g/mol. The average Bonchev–Trinajstić information content (AvgIpc) is 3.24. The first-order chi connectivity index (χ1) is 27.7. The Bertz CT molecular complexity index is 1910. The lowest BCUT2D eigenvalue weighted by Crippen LogP contribution is -2.17. The number of rotatable bonds is 26. The minimum Gasteiger partial charge on any atom is -0.313 e. The fraction of sp³-hybridized carbons (Fsp3) is 0.375. The Morgan fingerprint density at radius 3 is 1.34 bits per heavy atom. The molecule has 4 aromatic carbocycles. The van der Waals surface area contributed by atoms with Crippen LogP contribution in [0, 0.1) is 0 Å². The van der Waals surface area contributed by atoms with Crippen molar-refractivity contribution >= 4 is 30.1 Å². The molecule has 0 aliphatic rings. The maximum atomic E-state index is 12.3. The fourth-order valence-corrected chi connectivity index (χ4v) is 8.13. The number of nitrogens with one attached hydrogen (secondary N) is 2. The second-order valence-electron chi connectivity index (χ2n) is 14.7. The van der Waals surface area contributed by atoms with Gasteiger partial charge in [-0.2, -0.15) is 0 Å². The van der Waals surface area contributed by atoms with E-state index in [1.807, 2.05) is 24.5 Å². The summed E-state index contributed by atoms with van der Waals surface area (Å²) >= 11 is 0. The number of nitrogens with zero attached hydrogens (tertiary/aromatic N) is 2. The summed E-state index contributed by atoms with van der Waals surface area (Å²) in [5.41, 5.74) is 10.1. The van der Waals surface area contributed by atoms with Crippen LogP contribution in [0.15, 0.2) is 122 Å². The highest BCUT2D eigenvalue weighted by molar-refractivity contribution is 7.33. The van der Waals surface area contributed by atoms with Gasteiger partial charge in [0, 0.05) is 36.3 Å². The molecule has 0 fully saturated rings. The van der Waals surface area contributed by atoms with E-state index in [9.17, 15) is 4.57 Å². The van der Waals surface area contributed by atoms with Gasteiger partial charge in [-0.25, -0.2) is 0 Å². The Hall–Kier alpha value is -4.23. The molecule has 0 aliphatic heterocycles. The third-order valence-electron chi connectivity index (χ3n) is 10.5. The largest absolute Gasteiger partial charge is 0.319 e. The van der Waals surface area contributed by atoms with Crippen LogP contribution in [0.25, 0.3) is 21.8 Å². The lowest BCUT2D eigenvalue weighted by Gasteiger charge is -2.12. The zero-order valence-electron chi connectivity index (χ0n) is 32.9. The summed E-state index contributed by atoms with van der Waals surface area (Å²) in [7, 11) is -2.51. The average molecular weight is 771 g/mol. The predicted octanol–water partition coefficient (Wildman–Crippen LogP) is 10.8. The van der Waals surface area contributed by atoms with Crippen LogP contribution in [0.2, 0.25) is 0 Å². The Kier molecular flexibility index (Phi) is 17.6. The standard InChI is InChI=1S/C48H59N4O3P/c53-56(54-35-15-31-49-37-43-29-27-41(45-25-13-33-51-47(43)45)23-11-3-9-21-39-17-5-1-6-18-39)55-36-16-32-50-38-44-30-28-42(46-26-14-34-52-48(44)46)24-12-4-10-22-40-19-7-2-8-20-40/h1-2,5-8,13-14,17-20,25-30,33-34,49-50,56H,3-4,9-12,15-16,21-24,31-32,35-38H2. The summed E-state index contributed by atoms with van der Waals surface area (Å²) in [5, 5.41) is 9.52. The smallest absolute Gasteiger partial charge is 0.313 e. The second kappa shape index (κ2) is 23.7. The van der Waals surface area contributed by atoms with Crippen molar-refractivity contribution < 1.29 is 13.6 Å². The number of benzene rings is 4. The molecule has 2 aromatic heterocycles. The summed E-state index contributed by atoms with van der Waals surface area (Å²) < 4.78 is 23.3. The van der Waals surface area contributed by atoms with Gasteiger partial charge < -0.3 is 19.7 Å². The normalized spacial score (nSPS) is 11.6. The molecule has 0 saturated carbocycles. The van der Waals surface area contributed by atoms with E-state index in [0.29, 0.717) is 13.2 Å². The van der Waals surface area contributed by atoms with Crippen LogP contribution in [0.1, 0.15) is 84.7 Å². The maximum Gasteiger partial charge on any atom is 0.319 e. The Morgan fingerprint density at radius 1 is 0.446 bits per heavy atom. The molecular weight excluding hydrogens is 712 g/mol. The molecule has 0 spiro atoms. The third kappa shape index (κ3) is 13.5. The van der Waals surface area contributed by atoms with Crippen molar-refractivity contribution in [3.8, 4) is 0 Å². The van der Waals surface area contributed by atoms with E-state index >= 15 is 0 Å². The lowest BCUT2D eigenvalue weighted by molar-refractivity contribution is 0.220. The Balaban J connectivity index is 0.809. The molecule has 2 heterocycles. The van der Waals surface area contributed by atoms with Gasteiger partial charge in [0.05, 0.1) is 24.2 Å². The van der Waals surface area contributed by atoms with Gasteiger partial charge >= 0.3 is 8.25 Å². The van der Waals surface area contributed by atoms with Crippen LogP contribution in [-0.4, -0.2) is 36.3 Å². The number of aromatic nitrogens is 2. The van der Waals surface area contributed by atoms with Gasteiger partial charge in [0.25, 0.3) is 0 Å². The van der Waals surface area contributed by atoms with Crippen LogP contribution in [0.5, 0.6) is 0 Å². The Labute approximate surface area is 334 Å². The van der Waals surface area contributed by atoms with E-state index in [1.54, 1.807) is 0 Å². The second-order valence-corrected chi connectivity index (χ2v) is 15.7. The van der Waals surface area contributed by atoms with E-state index in [2.05, 4.69) is 108 Å². The molecule has 0 saturated heterocycles. The first-order valence-corrected chi connectivity index (χ1v) is 22.0. The van der Waals surface area contributed by atoms with Crippen LogP contribution < -0.4 is 10.6 Å². The van der Waals surface area contributed by atoms with Crippen molar-refractivity contribution in [2.45, 2.75) is 90.1 Å². The van der Waals surface area contributed by atoms with E-state index in [1.165, 1.54) is 82.7 Å². The number of fused-ring (bicyclic) bond motifs is 2. The topological polar surface area (TPSA) is 85.4 Å². The van der Waals surface area contributed by atoms with E-state index < -0.39 is 8.25 Å². The van der Waals surface area contributed by atoms with Crippen molar-refractivity contribution in [3.05, 3.63) is 155 Å². The molecule has 0 amide bonds. The van der Waals surface area contributed by atoms with Gasteiger partial charge in [0.1, 0.15) is 0 Å². The zero-order valence-corrected chi connectivity index (χ0v) is 33.9. The molecule has 6 aromatic rings. The van der Waals surface area contributed by atoms with Gasteiger partial charge in [0.15, 0.2) is 0 Å². The number of aryl methyl sites for hydroxylation is 4. The fourth-order valence-electron chi connectivity index (χ4n) is 7.43. The van der Waals surface area contributed by atoms with Crippen LogP contribution in [0.4, 0.5) is 0 Å². The lowest BCUT2D eigenvalue weighted by atomic mass is 9.98. The van der Waals surface area contributed by atoms with Crippen molar-refractivity contribution in [1.29, 1.82) is 0 Å². The number of pyridine rings is 2. The maximum absolute atomic E-state index is 12.3. The van der Waals surface area contributed by atoms with Gasteiger partial charge in [0.2, 0.25) is 0 Å². The molecule has 0 aliphatic carbocycles. The summed E-state index contributed by atoms with van der Waals surface area (Å²) in [5.74, 6) is 0. The first kappa shape index (κ1) is 41.4. The third-order valence-corrected chi connectivity index (χ3v) is 11.3. The van der Waals surface area contributed by atoms with Gasteiger partial charge in [-0.05, 0) is 123 Å². The highest BCUT2D eigenvalue weighted by Crippen LogP contribution is 2.26. The molecule has 2 N–H and O–H groups in total. The molecule has 0 atom stereocenters. The van der Waals surface area contributed by atoms with E-state index in [4.69, 9.17) is 19.0 Å². The summed E-state index contributed by atoms with van der Waals surface area (Å²) in [6.45, 7) is 3.78. The van der Waals surface area contributed by atoms with Crippen molar-refractivity contribution in [3.63, 3.8) is 0 Å². The van der Waals surface area contributed by atoms with E-state index in [-0.39, 0.29) is 0 Å². The summed E-state index contributed by atoms with van der Waals surface area (Å²) in [6, 6.07) is 38.9. The van der Waals surface area contributed by atoms with Crippen molar-refractivity contribution in [2.75, 3.05) is 26.3 Å². The molecule has 56 heavy (non-hydrogen) atoms. The number of unbranched alkanes of at least 4 members (excludes halogenated alkanes) is 4. The summed E-state index contributed by atoms with van der Waals surface area (Å²) in [6.07, 6.45) is 16.9. The summed E-state index contributed by atoms with van der Waals surface area (Å²) in [4.78, 5) is 9.47. The molecule has 0 radical (unpaired) electrons. The van der Waals surface area contributed by atoms with Crippen LogP contribution >= 0.6 is 8.25 Å². The quantitative estimate of drug-likeness (QED) is 0.0420. The molecule has 0 bridgehead atoms. The predicted molar refractivity (Wildman–Crippen MR) is 232 cm³/mol. The zero-order chi connectivity index (χ0) is 38.5. The molecule has 294 valence electrons. The molecule has 6 rings (SSSR count). The highest BCUT2D eigenvalue weighted by Gasteiger charge is 2.09. The van der Waals surface area contributed by atoms with Gasteiger partial charge in [-0.15, -0.1) is 0 Å². The van der Waals surface area contributed by atoms with E-state index in [0.717, 1.165) is 75.7 Å². The van der Waals surface area contributed by atoms with Gasteiger partial charge in [-0.1, -0.05) is 110 Å². The molecule has 0 unspecified atom stereocenters.